The lowest BCUT2D eigenvalue weighted by atomic mass is 9.90. The maximum Gasteiger partial charge on any atom is 0.0281 e. The van der Waals surface area contributed by atoms with Gasteiger partial charge in [0.25, 0.3) is 0 Å². The summed E-state index contributed by atoms with van der Waals surface area (Å²) in [5, 5.41) is 3.75. The molecule has 1 aromatic carbocycles. The van der Waals surface area contributed by atoms with Crippen LogP contribution in [0.2, 0.25) is 0 Å². The number of benzene rings is 1. The topological polar surface area (TPSA) is 15.3 Å². The van der Waals surface area contributed by atoms with Crippen LogP contribution in [0.5, 0.6) is 0 Å². The monoisotopic (exact) mass is 274 g/mol. The average Bonchev–Trinajstić information content (AvgIpc) is 2.42. The molecule has 1 heterocycles. The van der Waals surface area contributed by atoms with Crippen molar-refractivity contribution in [1.82, 2.24) is 10.2 Å². The van der Waals surface area contributed by atoms with Crippen LogP contribution in [-0.4, -0.2) is 29.6 Å². The largest absolute Gasteiger partial charge is 0.311 e. The van der Waals surface area contributed by atoms with Gasteiger partial charge in [-0.05, 0) is 37.8 Å². The van der Waals surface area contributed by atoms with E-state index in [9.17, 15) is 0 Å². The molecule has 0 aromatic heterocycles. The Hall–Kier alpha value is -0.860. The van der Waals surface area contributed by atoms with Crippen molar-refractivity contribution in [3.8, 4) is 0 Å². The van der Waals surface area contributed by atoms with Gasteiger partial charge >= 0.3 is 0 Å². The molecule has 0 radical (unpaired) electrons. The number of nitrogens with one attached hydrogen (secondary N) is 1. The van der Waals surface area contributed by atoms with Gasteiger partial charge in [-0.15, -0.1) is 0 Å². The number of hydrogen-bond donors (Lipinski definition) is 1. The second kappa shape index (κ2) is 6.28. The van der Waals surface area contributed by atoms with Gasteiger partial charge in [0.05, 0.1) is 0 Å². The lowest BCUT2D eigenvalue weighted by molar-refractivity contribution is 0.0447. The molecule has 1 N–H and O–H groups in total. The van der Waals surface area contributed by atoms with Crippen LogP contribution in [0.1, 0.15) is 45.2 Å². The second-order valence-electron chi connectivity index (χ2n) is 6.99. The predicted molar refractivity (Wildman–Crippen MR) is 86.9 cm³/mol. The Balaban J connectivity index is 2.12. The minimum atomic E-state index is 0.228. The Bertz CT molecular complexity index is 439. The maximum absolute atomic E-state index is 3.75. The van der Waals surface area contributed by atoms with Crippen LogP contribution in [0.3, 0.4) is 0 Å². The van der Waals surface area contributed by atoms with E-state index in [0.717, 1.165) is 25.6 Å². The molecular formula is C18H30N2. The average molecular weight is 274 g/mol. The molecule has 0 amide bonds. The molecule has 2 unspecified atom stereocenters. The fraction of sp³-hybridized carbons (Fsp3) is 0.667. The van der Waals surface area contributed by atoms with Gasteiger partial charge in [-0.3, -0.25) is 4.90 Å². The van der Waals surface area contributed by atoms with Gasteiger partial charge in [0.2, 0.25) is 0 Å². The first-order valence-corrected chi connectivity index (χ1v) is 7.97. The van der Waals surface area contributed by atoms with Gasteiger partial charge in [-0.2, -0.15) is 0 Å². The third kappa shape index (κ3) is 3.42. The fourth-order valence-corrected chi connectivity index (χ4v) is 2.98. The van der Waals surface area contributed by atoms with Crippen molar-refractivity contribution in [2.45, 2.75) is 59.2 Å². The second-order valence-corrected chi connectivity index (χ2v) is 6.99. The molecule has 2 atom stereocenters. The van der Waals surface area contributed by atoms with Gasteiger partial charge in [0.1, 0.15) is 0 Å². The highest BCUT2D eigenvalue weighted by atomic mass is 15.3. The summed E-state index contributed by atoms with van der Waals surface area (Å²) >= 11 is 0. The number of nitrogens with zero attached hydrogens (tertiary/aromatic N) is 1. The number of hydrogen-bond acceptors (Lipinski definition) is 2. The Morgan fingerprint density at radius 2 is 2.05 bits per heavy atom. The molecule has 0 saturated carbocycles. The van der Waals surface area contributed by atoms with Crippen LogP contribution in [0.4, 0.5) is 0 Å². The van der Waals surface area contributed by atoms with E-state index in [2.05, 4.69) is 69.1 Å². The summed E-state index contributed by atoms with van der Waals surface area (Å²) in [5.74, 6) is 0.741. The van der Waals surface area contributed by atoms with Crippen LogP contribution in [0.25, 0.3) is 0 Å². The predicted octanol–water partition coefficient (Wildman–Crippen LogP) is 3.59. The Morgan fingerprint density at radius 1 is 1.35 bits per heavy atom. The van der Waals surface area contributed by atoms with Crippen LogP contribution in [-0.2, 0) is 6.54 Å². The smallest absolute Gasteiger partial charge is 0.0281 e. The van der Waals surface area contributed by atoms with E-state index in [-0.39, 0.29) is 5.54 Å². The number of rotatable bonds is 4. The van der Waals surface area contributed by atoms with Crippen LogP contribution >= 0.6 is 0 Å². The first-order valence-electron chi connectivity index (χ1n) is 7.97. The quantitative estimate of drug-likeness (QED) is 0.902. The molecule has 1 fully saturated rings. The summed E-state index contributed by atoms with van der Waals surface area (Å²) in [6, 6.07) is 9.40. The van der Waals surface area contributed by atoms with Gasteiger partial charge in [-0.1, -0.05) is 44.5 Å². The molecule has 0 spiro atoms. The molecule has 1 aromatic rings. The third-order valence-corrected chi connectivity index (χ3v) is 5.02. The van der Waals surface area contributed by atoms with E-state index in [1.54, 1.807) is 0 Å². The summed E-state index contributed by atoms with van der Waals surface area (Å²) in [6.45, 7) is 14.9. The van der Waals surface area contributed by atoms with Gasteiger partial charge in [-0.25, -0.2) is 0 Å². The Labute approximate surface area is 124 Å². The lowest BCUT2D eigenvalue weighted by Gasteiger charge is -2.47. The fourth-order valence-electron chi connectivity index (χ4n) is 2.98. The Morgan fingerprint density at radius 3 is 2.70 bits per heavy atom. The van der Waals surface area contributed by atoms with E-state index >= 15 is 0 Å². The summed E-state index contributed by atoms with van der Waals surface area (Å²) in [5.41, 5.74) is 3.10. The molecule has 2 nitrogen and oxygen atoms in total. The zero-order valence-corrected chi connectivity index (χ0v) is 13.7. The van der Waals surface area contributed by atoms with E-state index in [4.69, 9.17) is 0 Å². The standard InChI is InChI=1S/C18H30N2/c1-6-14(2)17-12-20(18(4,5)13-19-17)11-16-10-8-7-9-15(16)3/h7-10,14,17,19H,6,11-13H2,1-5H3. The summed E-state index contributed by atoms with van der Waals surface area (Å²) < 4.78 is 0. The zero-order valence-electron chi connectivity index (χ0n) is 13.7. The maximum atomic E-state index is 3.75. The molecular weight excluding hydrogens is 244 g/mol. The highest BCUT2D eigenvalue weighted by Gasteiger charge is 2.35. The number of aryl methyl sites for hydroxylation is 1. The van der Waals surface area contributed by atoms with Crippen LogP contribution in [0.15, 0.2) is 24.3 Å². The lowest BCUT2D eigenvalue weighted by Crippen LogP contribution is -2.62. The third-order valence-electron chi connectivity index (χ3n) is 5.02. The molecule has 2 rings (SSSR count). The van der Waals surface area contributed by atoms with E-state index < -0.39 is 0 Å². The zero-order chi connectivity index (χ0) is 14.8. The summed E-state index contributed by atoms with van der Waals surface area (Å²) in [6.07, 6.45) is 1.25. The Kier molecular flexibility index (Phi) is 4.87. The molecule has 0 bridgehead atoms. The number of piperazine rings is 1. The van der Waals surface area contributed by atoms with Crippen molar-refractivity contribution in [1.29, 1.82) is 0 Å². The van der Waals surface area contributed by atoms with Crippen LogP contribution < -0.4 is 5.32 Å². The highest BCUT2D eigenvalue weighted by molar-refractivity contribution is 5.25. The van der Waals surface area contributed by atoms with Crippen LogP contribution in [0, 0.1) is 12.8 Å². The van der Waals surface area contributed by atoms with E-state index in [1.165, 1.54) is 17.5 Å². The van der Waals surface area contributed by atoms with Gasteiger partial charge < -0.3 is 5.32 Å². The first-order chi connectivity index (χ1) is 9.44. The van der Waals surface area contributed by atoms with E-state index in [1.807, 2.05) is 0 Å². The van der Waals surface area contributed by atoms with E-state index in [0.29, 0.717) is 6.04 Å². The van der Waals surface area contributed by atoms with Crippen molar-refractivity contribution in [3.05, 3.63) is 35.4 Å². The molecule has 20 heavy (non-hydrogen) atoms. The van der Waals surface area contributed by atoms with Gasteiger partial charge in [0.15, 0.2) is 0 Å². The first kappa shape index (κ1) is 15.5. The molecule has 1 saturated heterocycles. The van der Waals surface area contributed by atoms with Crippen molar-refractivity contribution in [3.63, 3.8) is 0 Å². The van der Waals surface area contributed by atoms with Crippen molar-refractivity contribution >= 4 is 0 Å². The van der Waals surface area contributed by atoms with Crippen molar-refractivity contribution in [2.24, 2.45) is 5.92 Å². The molecule has 1 aliphatic rings. The minimum Gasteiger partial charge on any atom is -0.311 e. The van der Waals surface area contributed by atoms with Crippen molar-refractivity contribution in [2.75, 3.05) is 13.1 Å². The molecule has 1 aliphatic heterocycles. The minimum absolute atomic E-state index is 0.228. The summed E-state index contributed by atoms with van der Waals surface area (Å²) in [4.78, 5) is 2.66. The highest BCUT2D eigenvalue weighted by Crippen LogP contribution is 2.25. The SMILES string of the molecule is CCC(C)C1CN(Cc2ccccc2C)C(C)(C)CN1. The molecule has 0 aliphatic carbocycles. The molecule has 2 heteroatoms. The van der Waals surface area contributed by atoms with Gasteiger partial charge in [0, 0.05) is 31.2 Å². The normalized spacial score (nSPS) is 24.6. The molecule has 112 valence electrons. The summed E-state index contributed by atoms with van der Waals surface area (Å²) in [7, 11) is 0. The van der Waals surface area contributed by atoms with Crippen molar-refractivity contribution < 1.29 is 0 Å².